The van der Waals surface area contributed by atoms with Crippen molar-refractivity contribution in [1.29, 1.82) is 0 Å². The van der Waals surface area contributed by atoms with E-state index in [9.17, 15) is 9.90 Å². The number of nitrogens with zero attached hydrogens (tertiary/aromatic N) is 4. The summed E-state index contributed by atoms with van der Waals surface area (Å²) in [5, 5.41) is 13.4. The molecule has 0 fully saturated rings. The predicted octanol–water partition coefficient (Wildman–Crippen LogP) is 3.14. The zero-order valence-corrected chi connectivity index (χ0v) is 16.2. The molecule has 2 atom stereocenters. The third kappa shape index (κ3) is 4.11. The smallest absolute Gasteiger partial charge is 0.240 e. The minimum Gasteiger partial charge on any atom is -0.508 e. The van der Waals surface area contributed by atoms with Crippen LogP contribution < -0.4 is 5.73 Å². The van der Waals surface area contributed by atoms with Crippen LogP contribution in [0.2, 0.25) is 0 Å². The Morgan fingerprint density at radius 2 is 1.96 bits per heavy atom. The summed E-state index contributed by atoms with van der Waals surface area (Å²) in [4.78, 5) is 17.8. The van der Waals surface area contributed by atoms with Gasteiger partial charge in [-0.1, -0.05) is 29.4 Å². The topological polar surface area (TPSA) is 115 Å². The fourth-order valence-electron chi connectivity index (χ4n) is 3.95. The molecule has 3 rings (SSSR count). The monoisotopic (exact) mass is 379 g/mol. The molecule has 0 saturated heterocycles. The van der Waals surface area contributed by atoms with Gasteiger partial charge in [-0.15, -0.1) is 0 Å². The Balaban J connectivity index is 1.83. The molecule has 1 amide bonds. The predicted molar refractivity (Wildman–Crippen MR) is 108 cm³/mol. The third-order valence-electron chi connectivity index (χ3n) is 5.42. The molecule has 1 aliphatic rings. The fraction of sp³-hybridized carbons (Fsp3) is 0.381. The summed E-state index contributed by atoms with van der Waals surface area (Å²) in [6.07, 6.45) is 1.04. The number of phenolic OH excluding ortho intramolecular Hbond substituents is 1. The van der Waals surface area contributed by atoms with Gasteiger partial charge in [0.15, 0.2) is 0 Å². The molecule has 0 spiro atoms. The average Bonchev–Trinajstić information content (AvgIpc) is 2.67. The number of carbonyl (C=O) groups excluding carboxylic acids is 1. The largest absolute Gasteiger partial charge is 0.508 e. The standard InChI is InChI=1S/C21H25N5O2/c1-13-7-18(27)8-14(2)19(13)10-20(22)21(28)26-12-16-6-4-3-5-15(16)9-17(26)11-24-25-23/h3-8,17,20,27H,9-12,22H2,1-2H3/t17-,20-/m0/s1. The van der Waals surface area contributed by atoms with Crippen molar-refractivity contribution >= 4 is 5.91 Å². The number of amides is 1. The Hall–Kier alpha value is -3.02. The molecule has 1 aliphatic heterocycles. The Morgan fingerprint density at radius 3 is 2.61 bits per heavy atom. The van der Waals surface area contributed by atoms with Crippen LogP contribution in [0.4, 0.5) is 0 Å². The number of hydrogen-bond donors (Lipinski definition) is 2. The molecule has 7 heteroatoms. The van der Waals surface area contributed by atoms with Gasteiger partial charge < -0.3 is 15.7 Å². The van der Waals surface area contributed by atoms with Crippen LogP contribution in [0.25, 0.3) is 10.4 Å². The number of fused-ring (bicyclic) bond motifs is 1. The molecule has 2 aromatic carbocycles. The van der Waals surface area contributed by atoms with Crippen LogP contribution in [0.5, 0.6) is 5.75 Å². The fourth-order valence-corrected chi connectivity index (χ4v) is 3.95. The molecule has 0 aromatic heterocycles. The van der Waals surface area contributed by atoms with Crippen LogP contribution in [-0.4, -0.2) is 34.5 Å². The van der Waals surface area contributed by atoms with E-state index in [1.165, 1.54) is 5.56 Å². The molecule has 3 N–H and O–H groups in total. The molecular formula is C21H25N5O2. The van der Waals surface area contributed by atoms with E-state index < -0.39 is 6.04 Å². The molecule has 1 heterocycles. The Bertz CT molecular complexity index is 913. The van der Waals surface area contributed by atoms with Gasteiger partial charge in [-0.05, 0) is 72.2 Å². The zero-order chi connectivity index (χ0) is 20.3. The number of hydrogen-bond acceptors (Lipinski definition) is 4. The first-order chi connectivity index (χ1) is 13.4. The Kier molecular flexibility index (Phi) is 5.87. The van der Waals surface area contributed by atoms with Crippen molar-refractivity contribution in [1.82, 2.24) is 4.90 Å². The first-order valence-corrected chi connectivity index (χ1v) is 9.33. The first-order valence-electron chi connectivity index (χ1n) is 9.33. The maximum atomic E-state index is 13.2. The lowest BCUT2D eigenvalue weighted by atomic mass is 9.91. The molecule has 0 unspecified atom stereocenters. The summed E-state index contributed by atoms with van der Waals surface area (Å²) in [7, 11) is 0. The first kappa shape index (κ1) is 19.7. The van der Waals surface area contributed by atoms with Gasteiger partial charge in [-0.3, -0.25) is 4.79 Å². The molecule has 28 heavy (non-hydrogen) atoms. The number of rotatable bonds is 5. The summed E-state index contributed by atoms with van der Waals surface area (Å²) in [6.45, 7) is 4.49. The second-order valence-electron chi connectivity index (χ2n) is 7.37. The van der Waals surface area contributed by atoms with Gasteiger partial charge in [-0.25, -0.2) is 0 Å². The van der Waals surface area contributed by atoms with Crippen molar-refractivity contribution in [2.45, 2.75) is 45.3 Å². The van der Waals surface area contributed by atoms with Crippen LogP contribution >= 0.6 is 0 Å². The normalized spacial score (nSPS) is 16.8. The van der Waals surface area contributed by atoms with Crippen LogP contribution in [0.3, 0.4) is 0 Å². The number of nitrogens with two attached hydrogens (primary N) is 1. The molecule has 146 valence electrons. The second kappa shape index (κ2) is 8.33. The Labute approximate surface area is 164 Å². The van der Waals surface area contributed by atoms with Gasteiger partial charge in [0.25, 0.3) is 0 Å². The summed E-state index contributed by atoms with van der Waals surface area (Å²) < 4.78 is 0. The molecule has 2 aromatic rings. The van der Waals surface area contributed by atoms with E-state index in [1.54, 1.807) is 17.0 Å². The molecule has 0 radical (unpaired) electrons. The van der Waals surface area contributed by atoms with Crippen molar-refractivity contribution in [3.05, 3.63) is 74.7 Å². The van der Waals surface area contributed by atoms with Gasteiger partial charge in [0.05, 0.1) is 6.04 Å². The van der Waals surface area contributed by atoms with E-state index >= 15 is 0 Å². The van der Waals surface area contributed by atoms with Crippen molar-refractivity contribution in [2.24, 2.45) is 10.8 Å². The molecule has 0 aliphatic carbocycles. The number of carbonyl (C=O) groups is 1. The maximum Gasteiger partial charge on any atom is 0.240 e. The van der Waals surface area contributed by atoms with E-state index in [1.807, 2.05) is 38.1 Å². The van der Waals surface area contributed by atoms with Crippen LogP contribution in [0.1, 0.15) is 27.8 Å². The van der Waals surface area contributed by atoms with Crippen molar-refractivity contribution in [3.8, 4) is 5.75 Å². The second-order valence-corrected chi connectivity index (χ2v) is 7.37. The highest BCUT2D eigenvalue weighted by Gasteiger charge is 2.32. The van der Waals surface area contributed by atoms with Crippen LogP contribution in [0.15, 0.2) is 41.5 Å². The van der Waals surface area contributed by atoms with E-state index in [2.05, 4.69) is 10.0 Å². The average molecular weight is 379 g/mol. The molecule has 0 bridgehead atoms. The number of phenols is 1. The summed E-state index contributed by atoms with van der Waals surface area (Å²) in [6, 6.07) is 10.4. The van der Waals surface area contributed by atoms with Gasteiger partial charge in [0, 0.05) is 24.0 Å². The molecule has 0 saturated carbocycles. The number of benzene rings is 2. The van der Waals surface area contributed by atoms with E-state index in [4.69, 9.17) is 11.3 Å². The summed E-state index contributed by atoms with van der Waals surface area (Å²) >= 11 is 0. The van der Waals surface area contributed by atoms with E-state index in [-0.39, 0.29) is 24.2 Å². The van der Waals surface area contributed by atoms with E-state index in [0.717, 1.165) is 22.3 Å². The SMILES string of the molecule is Cc1cc(O)cc(C)c1C[C@H](N)C(=O)N1Cc2ccccc2C[C@H]1CN=[N+]=[N-]. The number of aromatic hydroxyl groups is 1. The van der Waals surface area contributed by atoms with Crippen LogP contribution in [-0.2, 0) is 24.2 Å². The highest BCUT2D eigenvalue weighted by molar-refractivity contribution is 5.82. The third-order valence-corrected chi connectivity index (χ3v) is 5.42. The zero-order valence-electron chi connectivity index (χ0n) is 16.2. The molecule has 7 nitrogen and oxygen atoms in total. The van der Waals surface area contributed by atoms with Crippen molar-refractivity contribution < 1.29 is 9.90 Å². The van der Waals surface area contributed by atoms with E-state index in [0.29, 0.717) is 19.4 Å². The summed E-state index contributed by atoms with van der Waals surface area (Å²) in [5.41, 5.74) is 20.1. The minimum atomic E-state index is -0.708. The number of azide groups is 1. The minimum absolute atomic E-state index is 0.153. The number of aryl methyl sites for hydroxylation is 2. The van der Waals surface area contributed by atoms with Crippen molar-refractivity contribution in [3.63, 3.8) is 0 Å². The van der Waals surface area contributed by atoms with Gasteiger partial charge >= 0.3 is 0 Å². The lowest BCUT2D eigenvalue weighted by Gasteiger charge is -2.38. The van der Waals surface area contributed by atoms with Gasteiger partial charge in [0.1, 0.15) is 5.75 Å². The maximum absolute atomic E-state index is 13.2. The highest BCUT2D eigenvalue weighted by atomic mass is 16.3. The van der Waals surface area contributed by atoms with Crippen LogP contribution in [0, 0.1) is 13.8 Å². The van der Waals surface area contributed by atoms with Gasteiger partial charge in [-0.2, -0.15) is 0 Å². The molecular weight excluding hydrogens is 354 g/mol. The Morgan fingerprint density at radius 1 is 1.32 bits per heavy atom. The summed E-state index contributed by atoms with van der Waals surface area (Å²) in [5.74, 6) is 0.0558. The lowest BCUT2D eigenvalue weighted by Crippen LogP contribution is -2.52. The highest BCUT2D eigenvalue weighted by Crippen LogP contribution is 2.26. The lowest BCUT2D eigenvalue weighted by molar-refractivity contribution is -0.135. The quantitative estimate of drug-likeness (QED) is 0.472. The van der Waals surface area contributed by atoms with Gasteiger partial charge in [0.2, 0.25) is 5.91 Å². The van der Waals surface area contributed by atoms with Crippen molar-refractivity contribution in [2.75, 3.05) is 6.54 Å².